The lowest BCUT2D eigenvalue weighted by molar-refractivity contribution is -0.127. The summed E-state index contributed by atoms with van der Waals surface area (Å²) in [5, 5.41) is 5.36. The van der Waals surface area contributed by atoms with Gasteiger partial charge in [-0.2, -0.15) is 5.10 Å². The third kappa shape index (κ3) is 2.79. The van der Waals surface area contributed by atoms with Crippen molar-refractivity contribution >= 4 is 45.3 Å². The molecular formula is C14H17IN6O. The average Bonchev–Trinajstić information content (AvgIpc) is 2.85. The second-order valence-corrected chi connectivity index (χ2v) is 6.43. The maximum atomic E-state index is 11.6. The smallest absolute Gasteiger partial charge is 0.245 e. The van der Waals surface area contributed by atoms with E-state index in [0.717, 1.165) is 47.2 Å². The van der Waals surface area contributed by atoms with Crippen LogP contribution in [0.25, 0.3) is 11.0 Å². The maximum Gasteiger partial charge on any atom is 0.245 e. The first-order chi connectivity index (χ1) is 10.6. The minimum absolute atomic E-state index is 0.0121. The molecule has 2 N–H and O–H groups in total. The van der Waals surface area contributed by atoms with Crippen LogP contribution in [-0.2, 0) is 11.3 Å². The predicted molar refractivity (Wildman–Crippen MR) is 92.0 cm³/mol. The van der Waals surface area contributed by atoms with Gasteiger partial charge in [-0.3, -0.25) is 4.79 Å². The van der Waals surface area contributed by atoms with E-state index in [0.29, 0.717) is 11.7 Å². The van der Waals surface area contributed by atoms with Crippen LogP contribution in [0.2, 0.25) is 0 Å². The number of carbonyl (C=O) groups excluding carboxylic acids is 1. The lowest BCUT2D eigenvalue weighted by Gasteiger charge is -2.31. The van der Waals surface area contributed by atoms with Gasteiger partial charge in [0.2, 0.25) is 5.91 Å². The summed E-state index contributed by atoms with van der Waals surface area (Å²) in [6.07, 6.45) is 4.76. The normalized spacial score (nSPS) is 16.1. The van der Waals surface area contributed by atoms with Crippen LogP contribution in [0.5, 0.6) is 0 Å². The molecule has 2 aromatic rings. The highest BCUT2D eigenvalue weighted by Crippen LogP contribution is 2.25. The summed E-state index contributed by atoms with van der Waals surface area (Å²) in [5.74, 6) is 0.953. The number of nitrogen functional groups attached to an aromatic ring is 1. The maximum absolute atomic E-state index is 11.6. The minimum Gasteiger partial charge on any atom is -0.383 e. The number of hydrogen-bond acceptors (Lipinski definition) is 5. The lowest BCUT2D eigenvalue weighted by Crippen LogP contribution is -2.38. The van der Waals surface area contributed by atoms with E-state index in [-0.39, 0.29) is 5.91 Å². The molecule has 3 rings (SSSR count). The fourth-order valence-corrected chi connectivity index (χ4v) is 3.60. The third-order valence-corrected chi connectivity index (χ3v) is 4.80. The van der Waals surface area contributed by atoms with E-state index in [2.05, 4.69) is 44.2 Å². The molecule has 7 nitrogen and oxygen atoms in total. The van der Waals surface area contributed by atoms with E-state index in [1.807, 2.05) is 9.58 Å². The van der Waals surface area contributed by atoms with Gasteiger partial charge in [-0.05, 0) is 47.4 Å². The Bertz CT molecular complexity index is 719. The van der Waals surface area contributed by atoms with Crippen LogP contribution in [-0.4, -0.2) is 43.6 Å². The third-order valence-electron chi connectivity index (χ3n) is 4.05. The molecule has 0 saturated carbocycles. The van der Waals surface area contributed by atoms with Gasteiger partial charge >= 0.3 is 0 Å². The molecule has 3 heterocycles. The van der Waals surface area contributed by atoms with E-state index in [1.165, 1.54) is 12.4 Å². The van der Waals surface area contributed by atoms with Crippen molar-refractivity contribution in [1.82, 2.24) is 24.6 Å². The number of likely N-dealkylation sites (tertiary alicyclic amines) is 1. The SMILES string of the molecule is C=CC(=O)N1CCC(Cn2nc(I)c3c(N)ncnc32)CC1. The van der Waals surface area contributed by atoms with Crippen LogP contribution in [0.1, 0.15) is 12.8 Å². The number of rotatable bonds is 3. The molecule has 8 heteroatoms. The zero-order valence-corrected chi connectivity index (χ0v) is 14.2. The molecule has 2 aromatic heterocycles. The van der Waals surface area contributed by atoms with Crippen LogP contribution in [0.15, 0.2) is 19.0 Å². The molecule has 0 aliphatic carbocycles. The molecule has 0 unspecified atom stereocenters. The highest BCUT2D eigenvalue weighted by molar-refractivity contribution is 14.1. The summed E-state index contributed by atoms with van der Waals surface area (Å²) in [5.41, 5.74) is 6.69. The Labute approximate surface area is 141 Å². The van der Waals surface area contributed by atoms with E-state index in [4.69, 9.17) is 5.73 Å². The molecule has 1 saturated heterocycles. The molecule has 1 aliphatic rings. The molecular weight excluding hydrogens is 395 g/mol. The van der Waals surface area contributed by atoms with E-state index in [9.17, 15) is 4.79 Å². The number of hydrogen-bond donors (Lipinski definition) is 1. The zero-order valence-electron chi connectivity index (χ0n) is 12.1. The van der Waals surface area contributed by atoms with Gasteiger partial charge in [0.15, 0.2) is 5.65 Å². The van der Waals surface area contributed by atoms with Gasteiger partial charge in [0, 0.05) is 19.6 Å². The number of halogens is 1. The van der Waals surface area contributed by atoms with Crippen molar-refractivity contribution in [3.63, 3.8) is 0 Å². The highest BCUT2D eigenvalue weighted by Gasteiger charge is 2.23. The Morgan fingerprint density at radius 1 is 1.45 bits per heavy atom. The van der Waals surface area contributed by atoms with E-state index < -0.39 is 0 Å². The number of anilines is 1. The number of nitrogens with zero attached hydrogens (tertiary/aromatic N) is 5. The van der Waals surface area contributed by atoms with Gasteiger partial charge < -0.3 is 10.6 Å². The highest BCUT2D eigenvalue weighted by atomic mass is 127. The monoisotopic (exact) mass is 412 g/mol. The quantitative estimate of drug-likeness (QED) is 0.609. The van der Waals surface area contributed by atoms with E-state index in [1.54, 1.807) is 0 Å². The zero-order chi connectivity index (χ0) is 15.7. The largest absolute Gasteiger partial charge is 0.383 e. The molecule has 0 spiro atoms. The summed E-state index contributed by atoms with van der Waals surface area (Å²) in [6, 6.07) is 0. The Morgan fingerprint density at radius 2 is 2.18 bits per heavy atom. The van der Waals surface area contributed by atoms with Gasteiger partial charge in [0.05, 0.1) is 5.39 Å². The molecule has 0 bridgehead atoms. The summed E-state index contributed by atoms with van der Waals surface area (Å²) in [7, 11) is 0. The Kier molecular flexibility index (Phi) is 4.27. The van der Waals surface area contributed by atoms with Crippen molar-refractivity contribution in [3.8, 4) is 0 Å². The number of fused-ring (bicyclic) bond motifs is 1. The first kappa shape index (κ1) is 15.2. The topological polar surface area (TPSA) is 89.9 Å². The van der Waals surface area contributed by atoms with Crippen molar-refractivity contribution < 1.29 is 4.79 Å². The van der Waals surface area contributed by atoms with Gasteiger partial charge in [-0.1, -0.05) is 6.58 Å². The van der Waals surface area contributed by atoms with Crippen molar-refractivity contribution in [2.45, 2.75) is 19.4 Å². The van der Waals surface area contributed by atoms with Gasteiger partial charge in [0.25, 0.3) is 0 Å². The Hall–Kier alpha value is -1.71. The molecule has 1 fully saturated rings. The van der Waals surface area contributed by atoms with Crippen LogP contribution in [0.4, 0.5) is 5.82 Å². The second-order valence-electron chi connectivity index (χ2n) is 5.40. The average molecular weight is 412 g/mol. The second kappa shape index (κ2) is 6.19. The van der Waals surface area contributed by atoms with Crippen LogP contribution < -0.4 is 5.73 Å². The number of aromatic nitrogens is 4. The molecule has 0 radical (unpaired) electrons. The fourth-order valence-electron chi connectivity index (χ4n) is 2.82. The predicted octanol–water partition coefficient (Wildman–Crippen LogP) is 1.44. The number of nitrogens with two attached hydrogens (primary N) is 1. The first-order valence-corrected chi connectivity index (χ1v) is 8.22. The standard InChI is InChI=1S/C14H17IN6O/c1-2-10(22)20-5-3-9(4-6-20)7-21-14-11(12(15)19-21)13(16)17-8-18-14/h2,8-9H,1,3-7H2,(H2,16,17,18). The molecule has 1 amide bonds. The minimum atomic E-state index is 0.0121. The lowest BCUT2D eigenvalue weighted by atomic mass is 9.97. The summed E-state index contributed by atoms with van der Waals surface area (Å²) in [4.78, 5) is 21.8. The number of piperidine rings is 1. The van der Waals surface area contributed by atoms with Crippen LogP contribution >= 0.6 is 22.6 Å². The fraction of sp³-hybridized carbons (Fsp3) is 0.429. The van der Waals surface area contributed by atoms with Gasteiger partial charge in [-0.15, -0.1) is 0 Å². The first-order valence-electron chi connectivity index (χ1n) is 7.14. The van der Waals surface area contributed by atoms with Crippen molar-refractivity contribution in [2.75, 3.05) is 18.8 Å². The summed E-state index contributed by atoms with van der Waals surface area (Å²) >= 11 is 2.16. The molecule has 116 valence electrons. The van der Waals surface area contributed by atoms with Crippen molar-refractivity contribution in [1.29, 1.82) is 0 Å². The Balaban J connectivity index is 1.74. The Morgan fingerprint density at radius 3 is 2.86 bits per heavy atom. The molecule has 0 atom stereocenters. The summed E-state index contributed by atoms with van der Waals surface area (Å²) < 4.78 is 2.73. The molecule has 0 aromatic carbocycles. The van der Waals surface area contributed by atoms with Gasteiger partial charge in [0.1, 0.15) is 15.8 Å². The number of carbonyl (C=O) groups is 1. The summed E-state index contributed by atoms with van der Waals surface area (Å²) in [6.45, 7) is 5.85. The van der Waals surface area contributed by atoms with Crippen molar-refractivity contribution in [2.24, 2.45) is 5.92 Å². The van der Waals surface area contributed by atoms with E-state index >= 15 is 0 Å². The van der Waals surface area contributed by atoms with Crippen molar-refractivity contribution in [3.05, 3.63) is 22.7 Å². The molecule has 22 heavy (non-hydrogen) atoms. The van der Waals surface area contributed by atoms with Crippen LogP contribution in [0, 0.1) is 9.62 Å². The molecule has 1 aliphatic heterocycles. The number of amides is 1. The van der Waals surface area contributed by atoms with Gasteiger partial charge in [-0.25, -0.2) is 14.6 Å². The van der Waals surface area contributed by atoms with Crippen LogP contribution in [0.3, 0.4) is 0 Å².